The zero-order valence-electron chi connectivity index (χ0n) is 17.6. The summed E-state index contributed by atoms with van der Waals surface area (Å²) in [5, 5.41) is 7.31. The summed E-state index contributed by atoms with van der Waals surface area (Å²) in [5.41, 5.74) is 1.01. The van der Waals surface area contributed by atoms with E-state index in [4.69, 9.17) is 23.2 Å². The predicted molar refractivity (Wildman–Crippen MR) is 122 cm³/mol. The maximum Gasteiger partial charge on any atom is 0.251 e. The second-order valence-corrected chi connectivity index (χ2v) is 10.3. The van der Waals surface area contributed by atoms with Gasteiger partial charge in [0, 0.05) is 33.8 Å². The maximum atomic E-state index is 12.7. The lowest BCUT2D eigenvalue weighted by Crippen LogP contribution is -2.50. The predicted octanol–water partition coefficient (Wildman–Crippen LogP) is 5.74. The average Bonchev–Trinajstić information content (AvgIpc) is 2.64. The molecule has 1 aliphatic carbocycles. The molecular weight excluding hydrogens is 419 g/mol. The van der Waals surface area contributed by atoms with Crippen molar-refractivity contribution in [2.75, 3.05) is 6.54 Å². The lowest BCUT2D eigenvalue weighted by Gasteiger charge is -2.47. The highest BCUT2D eigenvalue weighted by Gasteiger charge is 2.42. The highest BCUT2D eigenvalue weighted by molar-refractivity contribution is 6.31. The van der Waals surface area contributed by atoms with Crippen LogP contribution >= 0.6 is 23.2 Å². The Labute approximate surface area is 188 Å². The van der Waals surface area contributed by atoms with E-state index in [-0.39, 0.29) is 28.7 Å². The van der Waals surface area contributed by atoms with E-state index >= 15 is 0 Å². The molecule has 3 rings (SSSR count). The van der Waals surface area contributed by atoms with Crippen LogP contribution in [0, 0.1) is 10.8 Å². The Balaban J connectivity index is 1.67. The molecule has 0 radical (unpaired) electrons. The molecule has 2 atom stereocenters. The molecule has 0 aromatic heterocycles. The molecule has 0 saturated heterocycles. The first-order valence-corrected chi connectivity index (χ1v) is 10.9. The van der Waals surface area contributed by atoms with E-state index in [0.717, 1.165) is 19.3 Å². The van der Waals surface area contributed by atoms with Gasteiger partial charge >= 0.3 is 0 Å². The van der Waals surface area contributed by atoms with Crippen LogP contribution in [0.5, 0.6) is 0 Å². The average molecular weight is 447 g/mol. The summed E-state index contributed by atoms with van der Waals surface area (Å²) >= 11 is 12.0. The molecule has 0 unspecified atom stereocenters. The van der Waals surface area contributed by atoms with Gasteiger partial charge in [0.05, 0.1) is 0 Å². The van der Waals surface area contributed by atoms with Crippen molar-refractivity contribution in [1.29, 1.82) is 0 Å². The van der Waals surface area contributed by atoms with Crippen molar-refractivity contribution in [1.82, 2.24) is 10.6 Å². The normalized spacial score (nSPS) is 22.9. The summed E-state index contributed by atoms with van der Waals surface area (Å²) in [7, 11) is 0. The van der Waals surface area contributed by atoms with Crippen molar-refractivity contribution < 1.29 is 9.59 Å². The molecule has 160 valence electrons. The molecule has 1 fully saturated rings. The molecule has 0 bridgehead atoms. The van der Waals surface area contributed by atoms with E-state index in [9.17, 15) is 9.59 Å². The van der Waals surface area contributed by atoms with E-state index in [2.05, 4.69) is 31.4 Å². The molecule has 0 spiro atoms. The van der Waals surface area contributed by atoms with E-state index < -0.39 is 0 Å². The number of carbonyl (C=O) groups excluding carboxylic acids is 2. The largest absolute Gasteiger partial charge is 0.351 e. The summed E-state index contributed by atoms with van der Waals surface area (Å²) in [4.78, 5) is 25.3. The fraction of sp³-hybridized carbons (Fsp3) is 0.417. The molecule has 0 aliphatic heterocycles. The van der Waals surface area contributed by atoms with E-state index in [0.29, 0.717) is 27.7 Å². The minimum atomic E-state index is -0.137. The van der Waals surface area contributed by atoms with Crippen molar-refractivity contribution in [3.63, 3.8) is 0 Å². The molecule has 1 saturated carbocycles. The number of hydrogen-bond donors (Lipinski definition) is 2. The molecule has 2 amide bonds. The Kier molecular flexibility index (Phi) is 6.78. The van der Waals surface area contributed by atoms with Crippen LogP contribution in [0.3, 0.4) is 0 Å². The van der Waals surface area contributed by atoms with Gasteiger partial charge in [0.1, 0.15) is 0 Å². The molecule has 1 aliphatic rings. The third-order valence-corrected chi connectivity index (χ3v) is 6.10. The number of carbonyl (C=O) groups is 2. The summed E-state index contributed by atoms with van der Waals surface area (Å²) < 4.78 is 0. The zero-order valence-corrected chi connectivity index (χ0v) is 19.1. The number of benzene rings is 2. The summed E-state index contributed by atoms with van der Waals surface area (Å²) in [6.07, 6.45) is 2.63. The van der Waals surface area contributed by atoms with Crippen LogP contribution in [0.4, 0.5) is 0 Å². The van der Waals surface area contributed by atoms with Crippen LogP contribution < -0.4 is 10.6 Å². The SMILES string of the molecule is CC1(C)C[C@H](NC(=O)c2cccc(Cl)c2)C[C@@](C)(CNC(=O)c2cccc(Cl)c2)C1. The van der Waals surface area contributed by atoms with Crippen LogP contribution in [0.1, 0.15) is 60.7 Å². The van der Waals surface area contributed by atoms with Crippen molar-refractivity contribution in [2.24, 2.45) is 10.8 Å². The molecule has 0 heterocycles. The minimum Gasteiger partial charge on any atom is -0.351 e. The number of hydrogen-bond acceptors (Lipinski definition) is 2. The first-order valence-electron chi connectivity index (χ1n) is 10.2. The van der Waals surface area contributed by atoms with Crippen LogP contribution in [0.2, 0.25) is 10.0 Å². The van der Waals surface area contributed by atoms with Crippen molar-refractivity contribution in [3.05, 3.63) is 69.7 Å². The Hall–Kier alpha value is -2.04. The first-order chi connectivity index (χ1) is 14.1. The highest BCUT2D eigenvalue weighted by Crippen LogP contribution is 2.45. The second kappa shape index (κ2) is 8.99. The minimum absolute atomic E-state index is 0.0216. The van der Waals surface area contributed by atoms with Crippen molar-refractivity contribution >= 4 is 35.0 Å². The number of amides is 2. The lowest BCUT2D eigenvalue weighted by atomic mass is 9.62. The van der Waals surface area contributed by atoms with Gasteiger partial charge in [0.2, 0.25) is 0 Å². The Morgan fingerprint density at radius 3 is 2.07 bits per heavy atom. The molecule has 2 aromatic carbocycles. The third kappa shape index (κ3) is 5.99. The molecular formula is C24H28Cl2N2O2. The molecule has 2 N–H and O–H groups in total. The Morgan fingerprint density at radius 1 is 0.933 bits per heavy atom. The summed E-state index contributed by atoms with van der Waals surface area (Å²) in [6.45, 7) is 7.12. The van der Waals surface area contributed by atoms with E-state index in [1.807, 2.05) is 0 Å². The molecule has 30 heavy (non-hydrogen) atoms. The maximum absolute atomic E-state index is 12.7. The van der Waals surface area contributed by atoms with Gasteiger partial charge in [-0.2, -0.15) is 0 Å². The van der Waals surface area contributed by atoms with Gasteiger partial charge in [0.25, 0.3) is 11.8 Å². The van der Waals surface area contributed by atoms with Gasteiger partial charge in [-0.15, -0.1) is 0 Å². The van der Waals surface area contributed by atoms with Gasteiger partial charge in [-0.1, -0.05) is 56.1 Å². The topological polar surface area (TPSA) is 58.2 Å². The third-order valence-electron chi connectivity index (χ3n) is 5.63. The monoisotopic (exact) mass is 446 g/mol. The summed E-state index contributed by atoms with van der Waals surface area (Å²) in [6, 6.07) is 13.9. The Bertz CT molecular complexity index is 944. The smallest absolute Gasteiger partial charge is 0.251 e. The fourth-order valence-electron chi connectivity index (χ4n) is 4.79. The number of rotatable bonds is 5. The van der Waals surface area contributed by atoms with Gasteiger partial charge in [-0.25, -0.2) is 0 Å². The van der Waals surface area contributed by atoms with Crippen LogP contribution in [0.25, 0.3) is 0 Å². The van der Waals surface area contributed by atoms with Gasteiger partial charge < -0.3 is 10.6 Å². The van der Waals surface area contributed by atoms with Crippen molar-refractivity contribution in [2.45, 2.75) is 46.1 Å². The number of halogens is 2. The highest BCUT2D eigenvalue weighted by atomic mass is 35.5. The molecule has 4 nitrogen and oxygen atoms in total. The first kappa shape index (κ1) is 22.6. The Morgan fingerprint density at radius 2 is 1.50 bits per heavy atom. The van der Waals surface area contributed by atoms with Gasteiger partial charge in [-0.05, 0) is 66.5 Å². The fourth-order valence-corrected chi connectivity index (χ4v) is 5.17. The van der Waals surface area contributed by atoms with E-state index in [1.165, 1.54) is 0 Å². The van der Waals surface area contributed by atoms with Crippen LogP contribution in [0.15, 0.2) is 48.5 Å². The number of nitrogens with one attached hydrogen (secondary N) is 2. The molecule has 6 heteroatoms. The zero-order chi connectivity index (χ0) is 21.9. The van der Waals surface area contributed by atoms with Crippen LogP contribution in [-0.2, 0) is 0 Å². The van der Waals surface area contributed by atoms with Gasteiger partial charge in [-0.3, -0.25) is 9.59 Å². The standard InChI is InChI=1S/C24H28Cl2N2O2/c1-23(2)12-20(28-22(30)17-7-5-9-19(26)11-17)13-24(3,14-23)15-27-21(29)16-6-4-8-18(25)10-16/h4-11,20H,12-15H2,1-3H3,(H,27,29)(H,28,30)/t20-,24+/m0/s1. The second-order valence-electron chi connectivity index (χ2n) is 9.43. The molecule has 2 aromatic rings. The summed E-state index contributed by atoms with van der Waals surface area (Å²) in [5.74, 6) is -0.257. The van der Waals surface area contributed by atoms with Crippen LogP contribution in [-0.4, -0.2) is 24.4 Å². The lowest BCUT2D eigenvalue weighted by molar-refractivity contribution is 0.0592. The van der Waals surface area contributed by atoms with Gasteiger partial charge in [0.15, 0.2) is 0 Å². The quantitative estimate of drug-likeness (QED) is 0.614. The van der Waals surface area contributed by atoms with E-state index in [1.54, 1.807) is 48.5 Å². The van der Waals surface area contributed by atoms with Crippen molar-refractivity contribution in [3.8, 4) is 0 Å².